The minimum Gasteiger partial charge on any atom is -0.365 e. The van der Waals surface area contributed by atoms with E-state index in [1.54, 1.807) is 18.2 Å². The van der Waals surface area contributed by atoms with Crippen LogP contribution in [0.25, 0.3) is 0 Å². The average Bonchev–Trinajstić information content (AvgIpc) is 2.79. The van der Waals surface area contributed by atoms with Gasteiger partial charge in [-0.25, -0.2) is 9.78 Å². The van der Waals surface area contributed by atoms with E-state index in [1.807, 2.05) is 37.3 Å². The lowest BCUT2D eigenvalue weighted by Gasteiger charge is -2.26. The van der Waals surface area contributed by atoms with Crippen LogP contribution in [0.5, 0.6) is 0 Å². The lowest BCUT2D eigenvalue weighted by Crippen LogP contribution is -2.41. The first-order chi connectivity index (χ1) is 16.4. The number of carbonyl (C=O) groups excluding carboxylic acids is 2. The third-order valence-corrected chi connectivity index (χ3v) is 5.95. The van der Waals surface area contributed by atoms with Crippen molar-refractivity contribution in [2.24, 2.45) is 5.73 Å². The van der Waals surface area contributed by atoms with Crippen molar-refractivity contribution in [1.29, 1.82) is 0 Å². The second-order valence-electron chi connectivity index (χ2n) is 8.14. The number of rotatable bonds is 8. The Kier molecular flexibility index (Phi) is 7.12. The fraction of sp³-hybridized carbons (Fsp3) is 0.250. The fourth-order valence-corrected chi connectivity index (χ4v) is 3.65. The molecule has 0 bridgehead atoms. The van der Waals surface area contributed by atoms with Gasteiger partial charge in [0.2, 0.25) is 5.95 Å². The van der Waals surface area contributed by atoms with Crippen LogP contribution < -0.4 is 27.0 Å². The Morgan fingerprint density at radius 1 is 1.15 bits per heavy atom. The molecule has 1 unspecified atom stereocenters. The Balaban J connectivity index is 1.51. The van der Waals surface area contributed by atoms with E-state index in [0.29, 0.717) is 22.2 Å². The van der Waals surface area contributed by atoms with Gasteiger partial charge in [-0.1, -0.05) is 41.9 Å². The average molecular weight is 480 g/mol. The molecule has 0 spiro atoms. The summed E-state index contributed by atoms with van der Waals surface area (Å²) in [5.41, 5.74) is 7.79. The van der Waals surface area contributed by atoms with Crippen molar-refractivity contribution in [2.45, 2.75) is 38.3 Å². The summed E-state index contributed by atoms with van der Waals surface area (Å²) in [5.74, 6) is -0.0711. The maximum atomic E-state index is 12.2. The summed E-state index contributed by atoms with van der Waals surface area (Å²) in [6.07, 6.45) is 4.47. The van der Waals surface area contributed by atoms with Crippen LogP contribution in [0.1, 0.15) is 48.1 Å². The van der Waals surface area contributed by atoms with Gasteiger partial charge in [0, 0.05) is 24.0 Å². The minimum absolute atomic E-state index is 0.123. The van der Waals surface area contributed by atoms with Crippen LogP contribution in [0, 0.1) is 0 Å². The molecule has 34 heavy (non-hydrogen) atoms. The molecule has 176 valence electrons. The van der Waals surface area contributed by atoms with Crippen molar-refractivity contribution in [3.63, 3.8) is 0 Å². The van der Waals surface area contributed by atoms with Crippen molar-refractivity contribution in [1.82, 2.24) is 15.3 Å². The zero-order valence-corrected chi connectivity index (χ0v) is 19.4. The monoisotopic (exact) mass is 479 g/mol. The van der Waals surface area contributed by atoms with Gasteiger partial charge in [-0.3, -0.25) is 4.79 Å². The van der Waals surface area contributed by atoms with Gasteiger partial charge in [0.15, 0.2) is 0 Å². The SMILES string of the molecule is CC(Nc1nc(Nc2ccc(Cl)c(NC(=O)NC3CCC3)c2)ncc1C(N)=O)c1ccccc1. The molecule has 1 atom stereocenters. The van der Waals surface area contributed by atoms with Crippen LogP contribution in [0.3, 0.4) is 0 Å². The molecule has 10 heteroatoms. The predicted molar refractivity (Wildman–Crippen MR) is 134 cm³/mol. The Bertz CT molecular complexity index is 1190. The minimum atomic E-state index is -0.634. The molecular formula is C24H26ClN7O2. The molecular weight excluding hydrogens is 454 g/mol. The highest BCUT2D eigenvalue weighted by molar-refractivity contribution is 6.33. The number of urea groups is 1. The smallest absolute Gasteiger partial charge is 0.319 e. The number of nitrogens with zero attached hydrogens (tertiary/aromatic N) is 2. The lowest BCUT2D eigenvalue weighted by molar-refractivity contribution is 0.100. The number of nitrogens with two attached hydrogens (primary N) is 1. The van der Waals surface area contributed by atoms with E-state index in [0.717, 1.165) is 24.8 Å². The van der Waals surface area contributed by atoms with Gasteiger partial charge < -0.3 is 27.0 Å². The molecule has 3 aromatic rings. The molecule has 4 rings (SSSR count). The molecule has 3 amide bonds. The first-order valence-corrected chi connectivity index (χ1v) is 11.4. The molecule has 1 aliphatic rings. The van der Waals surface area contributed by atoms with Gasteiger partial charge >= 0.3 is 6.03 Å². The highest BCUT2D eigenvalue weighted by Crippen LogP contribution is 2.28. The molecule has 1 aromatic heterocycles. The normalized spacial score (nSPS) is 13.9. The number of primary amides is 1. The third kappa shape index (κ3) is 5.74. The van der Waals surface area contributed by atoms with Gasteiger partial charge in [0.25, 0.3) is 5.91 Å². The summed E-state index contributed by atoms with van der Waals surface area (Å²) in [6.45, 7) is 1.96. The number of benzene rings is 2. The van der Waals surface area contributed by atoms with Crippen molar-refractivity contribution in [3.8, 4) is 0 Å². The van der Waals surface area contributed by atoms with Crippen LogP contribution >= 0.6 is 11.6 Å². The number of halogens is 1. The van der Waals surface area contributed by atoms with Gasteiger partial charge in [-0.2, -0.15) is 4.98 Å². The largest absolute Gasteiger partial charge is 0.365 e. The van der Waals surface area contributed by atoms with E-state index in [9.17, 15) is 9.59 Å². The van der Waals surface area contributed by atoms with Crippen LogP contribution in [0.4, 0.5) is 27.9 Å². The second-order valence-corrected chi connectivity index (χ2v) is 8.55. The lowest BCUT2D eigenvalue weighted by atomic mass is 9.93. The maximum Gasteiger partial charge on any atom is 0.319 e. The summed E-state index contributed by atoms with van der Waals surface area (Å²) in [5, 5.41) is 12.4. The Hall–Kier alpha value is -3.85. The van der Waals surface area contributed by atoms with Crippen LogP contribution in [0.2, 0.25) is 5.02 Å². The van der Waals surface area contributed by atoms with Crippen molar-refractivity contribution in [3.05, 3.63) is 70.9 Å². The zero-order chi connectivity index (χ0) is 24.1. The molecule has 1 heterocycles. The highest BCUT2D eigenvalue weighted by Gasteiger charge is 2.20. The van der Waals surface area contributed by atoms with E-state index in [1.165, 1.54) is 6.20 Å². The van der Waals surface area contributed by atoms with E-state index in [-0.39, 0.29) is 29.6 Å². The van der Waals surface area contributed by atoms with Crippen molar-refractivity contribution >= 4 is 46.7 Å². The summed E-state index contributed by atoms with van der Waals surface area (Å²) in [4.78, 5) is 32.8. The molecule has 2 aromatic carbocycles. The summed E-state index contributed by atoms with van der Waals surface area (Å²) in [6, 6.07) is 14.6. The van der Waals surface area contributed by atoms with E-state index in [2.05, 4.69) is 31.2 Å². The quantitative estimate of drug-likeness (QED) is 0.314. The number of carbonyl (C=O) groups is 2. The van der Waals surface area contributed by atoms with Gasteiger partial charge in [-0.15, -0.1) is 0 Å². The number of amides is 3. The van der Waals surface area contributed by atoms with Gasteiger partial charge in [0.05, 0.1) is 16.3 Å². The van der Waals surface area contributed by atoms with Crippen LogP contribution in [0.15, 0.2) is 54.7 Å². The Morgan fingerprint density at radius 2 is 1.91 bits per heavy atom. The first kappa shape index (κ1) is 23.3. The molecule has 0 radical (unpaired) electrons. The van der Waals surface area contributed by atoms with Crippen molar-refractivity contribution in [2.75, 3.05) is 16.0 Å². The fourth-order valence-electron chi connectivity index (χ4n) is 3.49. The molecule has 1 aliphatic carbocycles. The second kappa shape index (κ2) is 10.4. The highest BCUT2D eigenvalue weighted by atomic mass is 35.5. The topological polar surface area (TPSA) is 134 Å². The summed E-state index contributed by atoms with van der Waals surface area (Å²) < 4.78 is 0. The maximum absolute atomic E-state index is 12.2. The number of nitrogens with one attached hydrogen (secondary N) is 4. The Morgan fingerprint density at radius 3 is 2.59 bits per heavy atom. The predicted octanol–water partition coefficient (Wildman–Crippen LogP) is 4.82. The van der Waals surface area contributed by atoms with E-state index >= 15 is 0 Å². The van der Waals surface area contributed by atoms with Crippen LogP contribution in [-0.4, -0.2) is 27.9 Å². The standard InChI is InChI=1S/C24H26ClN7O2/c1-14(15-6-3-2-4-7-15)28-22-18(21(26)33)13-27-23(32-22)29-17-10-11-19(25)20(12-17)31-24(34)30-16-8-5-9-16/h2-4,6-7,10-14,16H,5,8-9H2,1H3,(H2,26,33)(H2,30,31,34)(H2,27,28,29,32). The number of hydrogen-bond acceptors (Lipinski definition) is 6. The van der Waals surface area contributed by atoms with Crippen LogP contribution in [-0.2, 0) is 0 Å². The number of anilines is 4. The number of hydrogen-bond donors (Lipinski definition) is 5. The molecule has 0 aliphatic heterocycles. The molecule has 6 N–H and O–H groups in total. The number of aromatic nitrogens is 2. The van der Waals surface area contributed by atoms with Gasteiger partial charge in [-0.05, 0) is 49.9 Å². The van der Waals surface area contributed by atoms with E-state index in [4.69, 9.17) is 17.3 Å². The van der Waals surface area contributed by atoms with Crippen molar-refractivity contribution < 1.29 is 9.59 Å². The molecule has 1 fully saturated rings. The van der Waals surface area contributed by atoms with E-state index < -0.39 is 5.91 Å². The Labute approximate surface area is 202 Å². The summed E-state index contributed by atoms with van der Waals surface area (Å²) in [7, 11) is 0. The van der Waals surface area contributed by atoms with Gasteiger partial charge in [0.1, 0.15) is 5.82 Å². The molecule has 0 saturated heterocycles. The zero-order valence-electron chi connectivity index (χ0n) is 18.6. The molecule has 9 nitrogen and oxygen atoms in total. The molecule has 1 saturated carbocycles. The summed E-state index contributed by atoms with van der Waals surface area (Å²) >= 11 is 6.26. The third-order valence-electron chi connectivity index (χ3n) is 5.62. The first-order valence-electron chi connectivity index (χ1n) is 11.0.